The monoisotopic (exact) mass is 377 g/mol. The molecule has 0 spiro atoms. The van der Waals surface area contributed by atoms with Crippen molar-refractivity contribution < 1.29 is 19.1 Å². The van der Waals surface area contributed by atoms with E-state index in [9.17, 15) is 14.0 Å². The molecule has 2 fully saturated rings. The van der Waals surface area contributed by atoms with Gasteiger partial charge in [-0.15, -0.1) is 0 Å². The first-order chi connectivity index (χ1) is 12.9. The predicted octanol–water partition coefficient (Wildman–Crippen LogP) is 2.65. The Morgan fingerprint density at radius 3 is 2.52 bits per heavy atom. The van der Waals surface area contributed by atoms with Crippen molar-refractivity contribution in [1.29, 1.82) is 0 Å². The number of urea groups is 1. The zero-order valence-electron chi connectivity index (χ0n) is 15.9. The lowest BCUT2D eigenvalue weighted by atomic mass is 9.85. The molecular weight excluding hydrogens is 349 g/mol. The van der Waals surface area contributed by atoms with Crippen LogP contribution in [0.4, 0.5) is 9.18 Å². The van der Waals surface area contributed by atoms with E-state index >= 15 is 0 Å². The molecule has 1 saturated heterocycles. The summed E-state index contributed by atoms with van der Waals surface area (Å²) >= 11 is 0. The summed E-state index contributed by atoms with van der Waals surface area (Å²) in [5.74, 6) is -0.836. The standard InChI is InChI=1S/C20H28FN3O3/c1-3-23(12-19(25)26)18-9-17(10-18)22-20(27)24-11-15(8-13(24)2)14-4-6-16(21)7-5-14/h4-7,13,15,17-18H,3,8-12H2,1-2H3,(H,22,27)(H,25,26). The number of hydrogen-bond donors (Lipinski definition) is 2. The Balaban J connectivity index is 1.49. The molecule has 1 aliphatic carbocycles. The van der Waals surface area contributed by atoms with Crippen molar-refractivity contribution >= 4 is 12.0 Å². The number of halogens is 1. The summed E-state index contributed by atoms with van der Waals surface area (Å²) in [5, 5.41) is 12.0. The second-order valence-electron chi connectivity index (χ2n) is 7.71. The van der Waals surface area contributed by atoms with Crippen molar-refractivity contribution in [3.63, 3.8) is 0 Å². The van der Waals surface area contributed by atoms with Gasteiger partial charge in [-0.2, -0.15) is 0 Å². The highest BCUT2D eigenvalue weighted by Gasteiger charge is 2.38. The molecule has 0 aromatic heterocycles. The van der Waals surface area contributed by atoms with Crippen molar-refractivity contribution in [3.8, 4) is 0 Å². The molecule has 7 heteroatoms. The van der Waals surface area contributed by atoms with E-state index in [0.29, 0.717) is 13.1 Å². The highest BCUT2D eigenvalue weighted by Crippen LogP contribution is 2.32. The molecule has 148 valence electrons. The van der Waals surface area contributed by atoms with Crippen LogP contribution in [0.2, 0.25) is 0 Å². The maximum Gasteiger partial charge on any atom is 0.317 e. The Bertz CT molecular complexity index is 676. The summed E-state index contributed by atoms with van der Waals surface area (Å²) in [6, 6.07) is 6.93. The lowest BCUT2D eigenvalue weighted by Crippen LogP contribution is -2.57. The van der Waals surface area contributed by atoms with Crippen molar-refractivity contribution in [2.24, 2.45) is 0 Å². The van der Waals surface area contributed by atoms with Crippen LogP contribution in [0.1, 0.15) is 44.6 Å². The molecule has 1 aliphatic heterocycles. The minimum atomic E-state index is -0.818. The van der Waals surface area contributed by atoms with Crippen LogP contribution in [-0.4, -0.2) is 64.7 Å². The van der Waals surface area contributed by atoms with E-state index in [1.807, 2.05) is 23.6 Å². The van der Waals surface area contributed by atoms with Crippen molar-refractivity contribution in [2.45, 2.75) is 57.2 Å². The largest absolute Gasteiger partial charge is 0.480 e. The lowest BCUT2D eigenvalue weighted by molar-refractivity contribution is -0.139. The Kier molecular flexibility index (Phi) is 5.99. The number of aliphatic carboxylic acids is 1. The van der Waals surface area contributed by atoms with E-state index in [2.05, 4.69) is 5.32 Å². The molecule has 3 rings (SSSR count). The Hall–Kier alpha value is -2.15. The van der Waals surface area contributed by atoms with Gasteiger partial charge in [0.2, 0.25) is 0 Å². The van der Waals surface area contributed by atoms with Gasteiger partial charge in [-0.3, -0.25) is 9.69 Å². The maximum absolute atomic E-state index is 13.1. The molecule has 2 atom stereocenters. The van der Waals surface area contributed by atoms with Gasteiger partial charge < -0.3 is 15.3 Å². The number of nitrogens with zero attached hydrogens (tertiary/aromatic N) is 2. The number of nitrogens with one attached hydrogen (secondary N) is 1. The van der Waals surface area contributed by atoms with Gasteiger partial charge in [0, 0.05) is 30.6 Å². The number of amides is 2. The van der Waals surface area contributed by atoms with Gasteiger partial charge in [-0.05, 0) is 50.4 Å². The normalized spacial score (nSPS) is 27.5. The van der Waals surface area contributed by atoms with Crippen LogP contribution < -0.4 is 5.32 Å². The third-order valence-electron chi connectivity index (χ3n) is 5.88. The number of likely N-dealkylation sites (tertiary alicyclic amines) is 1. The first-order valence-corrected chi connectivity index (χ1v) is 9.65. The van der Waals surface area contributed by atoms with E-state index in [0.717, 1.165) is 24.8 Å². The molecule has 27 heavy (non-hydrogen) atoms. The zero-order valence-corrected chi connectivity index (χ0v) is 15.9. The molecule has 2 amide bonds. The first-order valence-electron chi connectivity index (χ1n) is 9.65. The van der Waals surface area contributed by atoms with Crippen molar-refractivity contribution in [1.82, 2.24) is 15.1 Å². The topological polar surface area (TPSA) is 72.9 Å². The molecule has 0 bridgehead atoms. The minimum Gasteiger partial charge on any atom is -0.480 e. The van der Waals surface area contributed by atoms with E-state index in [1.54, 1.807) is 12.1 Å². The number of carbonyl (C=O) groups excluding carboxylic acids is 1. The van der Waals surface area contributed by atoms with Crippen LogP contribution in [0.15, 0.2) is 24.3 Å². The summed E-state index contributed by atoms with van der Waals surface area (Å²) in [4.78, 5) is 27.4. The number of rotatable bonds is 6. The van der Waals surface area contributed by atoms with E-state index in [-0.39, 0.29) is 42.4 Å². The van der Waals surface area contributed by atoms with Crippen LogP contribution in [0, 0.1) is 5.82 Å². The fraction of sp³-hybridized carbons (Fsp3) is 0.600. The molecule has 6 nitrogen and oxygen atoms in total. The Morgan fingerprint density at radius 2 is 1.93 bits per heavy atom. The maximum atomic E-state index is 13.1. The summed E-state index contributed by atoms with van der Waals surface area (Å²) < 4.78 is 13.1. The van der Waals surface area contributed by atoms with Crippen molar-refractivity contribution in [2.75, 3.05) is 19.6 Å². The van der Waals surface area contributed by atoms with Crippen LogP contribution in [-0.2, 0) is 4.79 Å². The molecule has 1 aromatic carbocycles. The average molecular weight is 377 g/mol. The van der Waals surface area contributed by atoms with Crippen LogP contribution in [0.5, 0.6) is 0 Å². The molecule has 1 saturated carbocycles. The van der Waals surface area contributed by atoms with Crippen molar-refractivity contribution in [3.05, 3.63) is 35.6 Å². The Morgan fingerprint density at radius 1 is 1.26 bits per heavy atom. The molecule has 2 N–H and O–H groups in total. The molecule has 1 aromatic rings. The fourth-order valence-electron chi connectivity index (χ4n) is 4.22. The van der Waals surface area contributed by atoms with E-state index < -0.39 is 5.97 Å². The van der Waals surface area contributed by atoms with Crippen LogP contribution in [0.3, 0.4) is 0 Å². The summed E-state index contributed by atoms with van der Waals surface area (Å²) in [7, 11) is 0. The Labute approximate surface area is 159 Å². The molecule has 0 radical (unpaired) electrons. The van der Waals surface area contributed by atoms with Crippen LogP contribution in [0.25, 0.3) is 0 Å². The predicted molar refractivity (Wildman–Crippen MR) is 100 cm³/mol. The number of hydrogen-bond acceptors (Lipinski definition) is 3. The number of carboxylic acids is 1. The molecule has 1 heterocycles. The third kappa shape index (κ3) is 4.58. The highest BCUT2D eigenvalue weighted by molar-refractivity contribution is 5.75. The number of carbonyl (C=O) groups is 2. The van der Waals surface area contributed by atoms with E-state index in [1.165, 1.54) is 12.1 Å². The van der Waals surface area contributed by atoms with Gasteiger partial charge in [0.25, 0.3) is 0 Å². The van der Waals surface area contributed by atoms with Gasteiger partial charge in [-0.1, -0.05) is 19.1 Å². The summed E-state index contributed by atoms with van der Waals surface area (Å²) in [6.07, 6.45) is 2.45. The third-order valence-corrected chi connectivity index (χ3v) is 5.88. The second-order valence-corrected chi connectivity index (χ2v) is 7.71. The fourth-order valence-corrected chi connectivity index (χ4v) is 4.22. The van der Waals surface area contributed by atoms with Gasteiger partial charge in [-0.25, -0.2) is 9.18 Å². The SMILES string of the molecule is CCN(CC(=O)O)C1CC(NC(=O)N2CC(c3ccc(F)cc3)CC2C)C1. The molecular formula is C20H28FN3O3. The summed E-state index contributed by atoms with van der Waals surface area (Å²) in [6.45, 7) is 5.37. The van der Waals surface area contributed by atoms with Gasteiger partial charge in [0.1, 0.15) is 5.82 Å². The number of carboxylic acid groups (broad SMARTS) is 1. The van der Waals surface area contributed by atoms with Gasteiger partial charge in [0.15, 0.2) is 0 Å². The van der Waals surface area contributed by atoms with Crippen LogP contribution >= 0.6 is 0 Å². The lowest BCUT2D eigenvalue weighted by Gasteiger charge is -2.42. The zero-order chi connectivity index (χ0) is 19.6. The highest BCUT2D eigenvalue weighted by atomic mass is 19.1. The van der Waals surface area contributed by atoms with E-state index in [4.69, 9.17) is 5.11 Å². The minimum absolute atomic E-state index is 0.0460. The van der Waals surface area contributed by atoms with Gasteiger partial charge >= 0.3 is 12.0 Å². The molecule has 2 unspecified atom stereocenters. The molecule has 2 aliphatic rings. The smallest absolute Gasteiger partial charge is 0.317 e. The summed E-state index contributed by atoms with van der Waals surface area (Å²) in [5.41, 5.74) is 1.06. The quantitative estimate of drug-likeness (QED) is 0.799. The number of benzene rings is 1. The number of likely N-dealkylation sites (N-methyl/N-ethyl adjacent to an activating group) is 1. The average Bonchev–Trinajstić information content (AvgIpc) is 2.98. The second kappa shape index (κ2) is 8.25. The van der Waals surface area contributed by atoms with Gasteiger partial charge in [0.05, 0.1) is 6.54 Å². The first kappa shape index (κ1) is 19.6.